The molecule has 1 amide bonds. The van der Waals surface area contributed by atoms with Crippen molar-refractivity contribution in [2.45, 2.75) is 19.4 Å². The lowest BCUT2D eigenvalue weighted by atomic mass is 10.0. The molecule has 122 valence electrons. The Morgan fingerprint density at radius 1 is 1.13 bits per heavy atom. The Kier molecular flexibility index (Phi) is 5.77. The third kappa shape index (κ3) is 4.33. The molecule has 0 aliphatic rings. The molecule has 0 heterocycles. The summed E-state index contributed by atoms with van der Waals surface area (Å²) in [5.74, 6) is 0.725. The van der Waals surface area contributed by atoms with E-state index in [0.29, 0.717) is 6.42 Å². The lowest BCUT2D eigenvalue weighted by Gasteiger charge is -2.27. The van der Waals surface area contributed by atoms with Crippen LogP contribution in [0.25, 0.3) is 0 Å². The topological polar surface area (TPSA) is 49.8 Å². The highest BCUT2D eigenvalue weighted by Gasteiger charge is 2.21. The van der Waals surface area contributed by atoms with E-state index in [9.17, 15) is 9.90 Å². The Labute approximate surface area is 137 Å². The first-order valence-electron chi connectivity index (χ1n) is 7.61. The van der Waals surface area contributed by atoms with E-state index in [1.54, 1.807) is 19.1 Å². The minimum Gasteiger partial charge on any atom is -0.497 e. The molecule has 1 N–H and O–H groups in total. The Bertz CT molecular complexity index is 635. The van der Waals surface area contributed by atoms with Crippen LogP contribution in [0.2, 0.25) is 0 Å². The van der Waals surface area contributed by atoms with Crippen molar-refractivity contribution >= 4 is 5.91 Å². The van der Waals surface area contributed by atoms with Gasteiger partial charge >= 0.3 is 0 Å². The number of carbonyl (C=O) groups is 1. The quantitative estimate of drug-likeness (QED) is 0.892. The normalized spacial score (nSPS) is 11.8. The van der Waals surface area contributed by atoms with Gasteiger partial charge in [-0.2, -0.15) is 0 Å². The largest absolute Gasteiger partial charge is 0.497 e. The first-order valence-corrected chi connectivity index (χ1v) is 7.61. The predicted molar refractivity (Wildman–Crippen MR) is 90.5 cm³/mol. The Hall–Kier alpha value is -2.33. The van der Waals surface area contributed by atoms with Crippen LogP contribution in [0.4, 0.5) is 0 Å². The average Bonchev–Trinajstić information content (AvgIpc) is 2.58. The summed E-state index contributed by atoms with van der Waals surface area (Å²) in [7, 11) is 3.33. The molecule has 2 aromatic rings. The molecular formula is C19H23NO3. The number of aryl methyl sites for hydroxylation is 1. The Morgan fingerprint density at radius 2 is 1.74 bits per heavy atom. The lowest BCUT2D eigenvalue weighted by molar-refractivity contribution is -0.132. The second-order valence-electron chi connectivity index (χ2n) is 5.64. The molecule has 1 unspecified atom stereocenters. The van der Waals surface area contributed by atoms with Gasteiger partial charge in [-0.25, -0.2) is 0 Å². The van der Waals surface area contributed by atoms with Crippen LogP contribution in [0, 0.1) is 6.92 Å². The molecule has 0 fully saturated rings. The van der Waals surface area contributed by atoms with E-state index in [1.165, 1.54) is 5.56 Å². The third-order valence-corrected chi connectivity index (χ3v) is 4.01. The average molecular weight is 313 g/mol. The van der Waals surface area contributed by atoms with E-state index in [1.807, 2.05) is 55.5 Å². The van der Waals surface area contributed by atoms with Gasteiger partial charge in [0.2, 0.25) is 5.91 Å². The van der Waals surface area contributed by atoms with Crippen LogP contribution in [-0.4, -0.2) is 36.7 Å². The molecule has 0 aliphatic heterocycles. The van der Waals surface area contributed by atoms with Crippen molar-refractivity contribution in [1.29, 1.82) is 0 Å². The zero-order valence-electron chi connectivity index (χ0n) is 13.8. The van der Waals surface area contributed by atoms with Gasteiger partial charge in [0.25, 0.3) is 0 Å². The highest BCUT2D eigenvalue weighted by atomic mass is 16.5. The van der Waals surface area contributed by atoms with Gasteiger partial charge in [0.1, 0.15) is 5.75 Å². The number of benzene rings is 2. The van der Waals surface area contributed by atoms with E-state index < -0.39 is 0 Å². The third-order valence-electron chi connectivity index (χ3n) is 4.01. The fourth-order valence-electron chi connectivity index (χ4n) is 2.46. The number of hydrogen-bond donors (Lipinski definition) is 1. The van der Waals surface area contributed by atoms with Crippen LogP contribution in [0.1, 0.15) is 22.7 Å². The van der Waals surface area contributed by atoms with E-state index >= 15 is 0 Å². The van der Waals surface area contributed by atoms with Gasteiger partial charge in [0, 0.05) is 7.05 Å². The smallest absolute Gasteiger partial charge is 0.227 e. The summed E-state index contributed by atoms with van der Waals surface area (Å²) in [4.78, 5) is 14.1. The van der Waals surface area contributed by atoms with Crippen molar-refractivity contribution in [3.63, 3.8) is 0 Å². The number of aliphatic hydroxyl groups is 1. The molecule has 0 radical (unpaired) electrons. The molecule has 0 aliphatic carbocycles. The fourth-order valence-corrected chi connectivity index (χ4v) is 2.46. The number of ether oxygens (including phenoxy) is 1. The van der Waals surface area contributed by atoms with Crippen molar-refractivity contribution in [3.8, 4) is 5.75 Å². The highest BCUT2D eigenvalue weighted by Crippen LogP contribution is 2.22. The van der Waals surface area contributed by atoms with Crippen molar-refractivity contribution in [2.75, 3.05) is 20.8 Å². The van der Waals surface area contributed by atoms with Crippen molar-refractivity contribution < 1.29 is 14.6 Å². The first kappa shape index (κ1) is 17.0. The maximum atomic E-state index is 12.5. The summed E-state index contributed by atoms with van der Waals surface area (Å²) in [6, 6.07) is 15.0. The summed E-state index contributed by atoms with van der Waals surface area (Å²) in [5.41, 5.74) is 3.02. The molecule has 4 heteroatoms. The second-order valence-corrected chi connectivity index (χ2v) is 5.64. The number of carbonyl (C=O) groups excluding carboxylic acids is 1. The maximum Gasteiger partial charge on any atom is 0.227 e. The molecular weight excluding hydrogens is 290 g/mol. The zero-order valence-corrected chi connectivity index (χ0v) is 13.8. The number of methoxy groups -OCH3 is 1. The van der Waals surface area contributed by atoms with Crippen molar-refractivity contribution in [1.82, 2.24) is 4.90 Å². The van der Waals surface area contributed by atoms with E-state index in [0.717, 1.165) is 16.9 Å². The van der Waals surface area contributed by atoms with Gasteiger partial charge in [-0.05, 0) is 30.2 Å². The minimum atomic E-state index is -0.362. The van der Waals surface area contributed by atoms with Gasteiger partial charge in [-0.15, -0.1) is 0 Å². The number of nitrogens with zero attached hydrogens (tertiary/aromatic N) is 1. The zero-order chi connectivity index (χ0) is 16.8. The number of aliphatic hydroxyl groups excluding tert-OH is 1. The molecule has 0 spiro atoms. The Balaban J connectivity index is 2.09. The summed E-state index contributed by atoms with van der Waals surface area (Å²) < 4.78 is 5.14. The predicted octanol–water partition coefficient (Wildman–Crippen LogP) is 2.74. The molecule has 1 atom stereocenters. The fraction of sp³-hybridized carbons (Fsp3) is 0.316. The van der Waals surface area contributed by atoms with Gasteiger partial charge in [-0.3, -0.25) is 4.79 Å². The van der Waals surface area contributed by atoms with Crippen molar-refractivity contribution in [2.24, 2.45) is 0 Å². The molecule has 0 saturated carbocycles. The van der Waals surface area contributed by atoms with Gasteiger partial charge in [-0.1, -0.05) is 42.0 Å². The Morgan fingerprint density at radius 3 is 2.26 bits per heavy atom. The van der Waals surface area contributed by atoms with Crippen molar-refractivity contribution in [3.05, 3.63) is 65.2 Å². The maximum absolute atomic E-state index is 12.5. The van der Waals surface area contributed by atoms with E-state index in [-0.39, 0.29) is 18.6 Å². The molecule has 2 aromatic carbocycles. The van der Waals surface area contributed by atoms with Crippen LogP contribution < -0.4 is 4.74 Å². The highest BCUT2D eigenvalue weighted by molar-refractivity contribution is 5.79. The number of likely N-dealkylation sites (N-methyl/N-ethyl adjacent to an activating group) is 1. The minimum absolute atomic E-state index is 0.0243. The van der Waals surface area contributed by atoms with E-state index in [4.69, 9.17) is 4.74 Å². The second kappa shape index (κ2) is 7.79. The number of amides is 1. The molecule has 0 bridgehead atoms. The number of hydrogen-bond acceptors (Lipinski definition) is 3. The van der Waals surface area contributed by atoms with Crippen LogP contribution >= 0.6 is 0 Å². The molecule has 23 heavy (non-hydrogen) atoms. The SMILES string of the molecule is COc1ccc(C(CO)N(C)C(=O)Cc2ccc(C)cc2)cc1. The van der Waals surface area contributed by atoms with Gasteiger partial charge in [0.05, 0.1) is 26.2 Å². The summed E-state index contributed by atoms with van der Waals surface area (Å²) in [6.07, 6.45) is 0.323. The van der Waals surface area contributed by atoms with Crippen LogP contribution in [0.15, 0.2) is 48.5 Å². The lowest BCUT2D eigenvalue weighted by Crippen LogP contribution is -2.34. The first-order chi connectivity index (χ1) is 11.0. The summed E-state index contributed by atoms with van der Waals surface area (Å²) >= 11 is 0. The molecule has 0 aromatic heterocycles. The van der Waals surface area contributed by atoms with Crippen LogP contribution in [0.5, 0.6) is 5.75 Å². The summed E-state index contributed by atoms with van der Waals surface area (Å²) in [5, 5.41) is 9.70. The molecule has 0 saturated heterocycles. The van der Waals surface area contributed by atoms with Gasteiger partial charge in [0.15, 0.2) is 0 Å². The monoisotopic (exact) mass is 313 g/mol. The van der Waals surface area contributed by atoms with Crippen LogP contribution in [0.3, 0.4) is 0 Å². The standard InChI is InChI=1S/C19H23NO3/c1-14-4-6-15(7-5-14)12-19(22)20(2)18(13-21)16-8-10-17(23-3)11-9-16/h4-11,18,21H,12-13H2,1-3H3. The molecule has 2 rings (SSSR count). The van der Waals surface area contributed by atoms with E-state index in [2.05, 4.69) is 0 Å². The number of rotatable bonds is 6. The molecule has 4 nitrogen and oxygen atoms in total. The summed E-state index contributed by atoms with van der Waals surface area (Å²) in [6.45, 7) is 1.89. The van der Waals surface area contributed by atoms with Crippen LogP contribution in [-0.2, 0) is 11.2 Å². The van der Waals surface area contributed by atoms with Gasteiger partial charge < -0.3 is 14.7 Å².